The molecule has 0 aliphatic rings. The Balaban J connectivity index is 1.57. The van der Waals surface area contributed by atoms with Crippen LogP contribution in [0, 0.1) is 5.82 Å². The fraction of sp³-hybridized carbons (Fsp3) is 0.130. The lowest BCUT2D eigenvalue weighted by Gasteiger charge is -2.11. The molecule has 0 saturated carbocycles. The number of halogens is 4. The molecule has 10 heteroatoms. The Labute approximate surface area is 204 Å². The molecule has 0 aromatic heterocycles. The molecule has 3 aromatic carbocycles. The van der Waals surface area contributed by atoms with Crippen LogP contribution in [0.15, 0.2) is 59.7 Å². The lowest BCUT2D eigenvalue weighted by molar-refractivity contribution is -0.123. The van der Waals surface area contributed by atoms with Gasteiger partial charge in [-0.3, -0.25) is 4.79 Å². The highest BCUT2D eigenvalue weighted by atomic mass is 35.5. The van der Waals surface area contributed by atoms with E-state index < -0.39 is 5.91 Å². The number of carbonyl (C=O) groups is 1. The van der Waals surface area contributed by atoms with Crippen LogP contribution in [0.2, 0.25) is 15.1 Å². The van der Waals surface area contributed by atoms with Crippen molar-refractivity contribution in [3.8, 4) is 17.2 Å². The number of benzene rings is 3. The number of ether oxygens (including phenoxy) is 3. The Morgan fingerprint density at radius 2 is 1.73 bits per heavy atom. The van der Waals surface area contributed by atoms with Crippen LogP contribution in [-0.2, 0) is 11.4 Å². The minimum absolute atomic E-state index is 0.155. The van der Waals surface area contributed by atoms with Gasteiger partial charge in [-0.15, -0.1) is 0 Å². The van der Waals surface area contributed by atoms with Gasteiger partial charge in [-0.2, -0.15) is 5.10 Å². The van der Waals surface area contributed by atoms with Crippen LogP contribution in [0.1, 0.15) is 11.1 Å². The summed E-state index contributed by atoms with van der Waals surface area (Å²) >= 11 is 17.9. The zero-order valence-corrected chi connectivity index (χ0v) is 19.5. The fourth-order valence-electron chi connectivity index (χ4n) is 2.70. The van der Waals surface area contributed by atoms with Crippen molar-refractivity contribution in [2.45, 2.75) is 6.61 Å². The van der Waals surface area contributed by atoms with Crippen LogP contribution < -0.4 is 19.6 Å². The standard InChI is InChI=1S/C23H18Cl3FN2O4/c1-31-21-7-2-14(8-15(21)12-32-18-5-3-17(27)4-6-18)11-28-29-22(30)13-33-23-19(25)9-16(24)10-20(23)26/h2-11H,12-13H2,1H3,(H,29,30)/b28-11-. The van der Waals surface area contributed by atoms with Crippen molar-refractivity contribution in [2.75, 3.05) is 13.7 Å². The van der Waals surface area contributed by atoms with Crippen molar-refractivity contribution >= 4 is 46.9 Å². The molecule has 6 nitrogen and oxygen atoms in total. The number of nitrogens with one attached hydrogen (secondary N) is 1. The number of hydrogen-bond donors (Lipinski definition) is 1. The molecule has 0 aliphatic heterocycles. The van der Waals surface area contributed by atoms with E-state index in [4.69, 9.17) is 49.0 Å². The van der Waals surface area contributed by atoms with Gasteiger partial charge in [0.2, 0.25) is 0 Å². The van der Waals surface area contributed by atoms with Crippen molar-refractivity contribution in [1.29, 1.82) is 0 Å². The quantitative estimate of drug-likeness (QED) is 0.287. The number of hydrazone groups is 1. The number of nitrogens with zero attached hydrogens (tertiary/aromatic N) is 1. The molecule has 0 spiro atoms. The summed E-state index contributed by atoms with van der Waals surface area (Å²) < 4.78 is 29.4. The van der Waals surface area contributed by atoms with Gasteiger partial charge in [0.25, 0.3) is 5.91 Å². The van der Waals surface area contributed by atoms with E-state index in [0.717, 1.165) is 5.56 Å². The van der Waals surface area contributed by atoms with E-state index in [1.54, 1.807) is 25.3 Å². The average molecular weight is 512 g/mol. The highest BCUT2D eigenvalue weighted by molar-refractivity contribution is 6.40. The second-order valence-electron chi connectivity index (χ2n) is 6.59. The van der Waals surface area contributed by atoms with Crippen molar-refractivity contribution in [3.05, 3.63) is 86.6 Å². The Bertz CT molecular complexity index is 1130. The number of rotatable bonds is 9. The number of hydrogen-bond acceptors (Lipinski definition) is 5. The largest absolute Gasteiger partial charge is 0.496 e. The van der Waals surface area contributed by atoms with E-state index >= 15 is 0 Å². The van der Waals surface area contributed by atoms with Crippen molar-refractivity contribution in [1.82, 2.24) is 5.43 Å². The topological polar surface area (TPSA) is 69.2 Å². The van der Waals surface area contributed by atoms with E-state index in [1.807, 2.05) is 0 Å². The predicted octanol–water partition coefficient (Wildman–Crippen LogP) is 5.90. The predicted molar refractivity (Wildman–Crippen MR) is 126 cm³/mol. The fourth-order valence-corrected chi connectivity index (χ4v) is 3.63. The van der Waals surface area contributed by atoms with Crippen LogP contribution in [0.3, 0.4) is 0 Å². The molecule has 33 heavy (non-hydrogen) atoms. The maximum absolute atomic E-state index is 13.0. The molecule has 3 rings (SSSR count). The van der Waals surface area contributed by atoms with E-state index in [1.165, 1.54) is 42.6 Å². The highest BCUT2D eigenvalue weighted by Crippen LogP contribution is 2.35. The molecule has 1 N–H and O–H groups in total. The lowest BCUT2D eigenvalue weighted by atomic mass is 10.1. The molecule has 0 heterocycles. The first-order valence-electron chi connectivity index (χ1n) is 9.50. The second kappa shape index (κ2) is 11.7. The van der Waals surface area contributed by atoms with Crippen LogP contribution >= 0.6 is 34.8 Å². The van der Waals surface area contributed by atoms with Crippen LogP contribution in [0.4, 0.5) is 4.39 Å². The minimum atomic E-state index is -0.512. The molecular weight excluding hydrogens is 494 g/mol. The highest BCUT2D eigenvalue weighted by Gasteiger charge is 2.11. The van der Waals surface area contributed by atoms with Crippen LogP contribution in [-0.4, -0.2) is 25.8 Å². The Kier molecular flexibility index (Phi) is 8.77. The van der Waals surface area contributed by atoms with Gasteiger partial charge in [-0.25, -0.2) is 9.82 Å². The molecule has 3 aromatic rings. The average Bonchev–Trinajstić information content (AvgIpc) is 2.78. The first-order valence-corrected chi connectivity index (χ1v) is 10.6. The molecule has 0 saturated heterocycles. The smallest absolute Gasteiger partial charge is 0.277 e. The van der Waals surface area contributed by atoms with Gasteiger partial charge in [0.15, 0.2) is 12.4 Å². The summed E-state index contributed by atoms with van der Waals surface area (Å²) in [5.41, 5.74) is 3.79. The van der Waals surface area contributed by atoms with Gasteiger partial charge < -0.3 is 14.2 Å². The zero-order valence-electron chi connectivity index (χ0n) is 17.3. The SMILES string of the molecule is COc1ccc(/C=N\NC(=O)COc2c(Cl)cc(Cl)cc2Cl)cc1COc1ccc(F)cc1. The van der Waals surface area contributed by atoms with E-state index in [2.05, 4.69) is 10.5 Å². The van der Waals surface area contributed by atoms with E-state index in [0.29, 0.717) is 22.1 Å². The van der Waals surface area contributed by atoms with Crippen LogP contribution in [0.5, 0.6) is 17.2 Å². The Morgan fingerprint density at radius 1 is 1.03 bits per heavy atom. The molecule has 1 amide bonds. The van der Waals surface area contributed by atoms with E-state index in [9.17, 15) is 9.18 Å². The monoisotopic (exact) mass is 510 g/mol. The molecule has 0 atom stereocenters. The van der Waals surface area contributed by atoms with E-state index in [-0.39, 0.29) is 34.8 Å². The molecule has 0 radical (unpaired) electrons. The van der Waals surface area contributed by atoms with Crippen LogP contribution in [0.25, 0.3) is 0 Å². The Hall–Kier alpha value is -3.00. The Morgan fingerprint density at radius 3 is 2.39 bits per heavy atom. The van der Waals surface area contributed by atoms with Gasteiger partial charge in [0.05, 0.1) is 23.4 Å². The maximum atomic E-state index is 13.0. The summed E-state index contributed by atoms with van der Waals surface area (Å²) in [7, 11) is 1.55. The van der Waals surface area contributed by atoms with Gasteiger partial charge in [0.1, 0.15) is 23.9 Å². The first-order chi connectivity index (χ1) is 15.9. The molecule has 0 aliphatic carbocycles. The first kappa shape index (κ1) is 24.6. The number of methoxy groups -OCH3 is 1. The minimum Gasteiger partial charge on any atom is -0.496 e. The third-order valence-corrected chi connectivity index (χ3v) is 5.01. The lowest BCUT2D eigenvalue weighted by Crippen LogP contribution is -2.24. The van der Waals surface area contributed by atoms with Crippen molar-refractivity contribution in [3.63, 3.8) is 0 Å². The van der Waals surface area contributed by atoms with Gasteiger partial charge >= 0.3 is 0 Å². The van der Waals surface area contributed by atoms with Crippen molar-refractivity contribution < 1.29 is 23.4 Å². The molecule has 0 unspecified atom stereocenters. The molecular formula is C23H18Cl3FN2O4. The number of carbonyl (C=O) groups excluding carboxylic acids is 1. The zero-order chi connectivity index (χ0) is 23.8. The summed E-state index contributed by atoms with van der Waals surface area (Å²) in [4.78, 5) is 12.0. The summed E-state index contributed by atoms with van der Waals surface area (Å²) in [5.74, 6) is 0.434. The summed E-state index contributed by atoms with van der Waals surface area (Å²) in [6.45, 7) is -0.156. The molecule has 172 valence electrons. The van der Waals surface area contributed by atoms with Crippen molar-refractivity contribution in [2.24, 2.45) is 5.10 Å². The number of amides is 1. The normalized spacial score (nSPS) is 10.8. The maximum Gasteiger partial charge on any atom is 0.277 e. The summed E-state index contributed by atoms with van der Waals surface area (Å²) in [5, 5.41) is 4.66. The van der Waals surface area contributed by atoms with Gasteiger partial charge in [0, 0.05) is 10.6 Å². The van der Waals surface area contributed by atoms with Gasteiger partial charge in [-0.1, -0.05) is 34.8 Å². The third-order valence-electron chi connectivity index (χ3n) is 4.23. The molecule has 0 bridgehead atoms. The summed E-state index contributed by atoms with van der Waals surface area (Å²) in [6.07, 6.45) is 1.46. The summed E-state index contributed by atoms with van der Waals surface area (Å²) in [6, 6.07) is 13.9. The third kappa shape index (κ3) is 7.25. The second-order valence-corrected chi connectivity index (χ2v) is 7.85. The molecule has 0 fully saturated rings. The van der Waals surface area contributed by atoms with Gasteiger partial charge in [-0.05, 0) is 60.2 Å².